The smallest absolute Gasteiger partial charge is 0.180 e. The van der Waals surface area contributed by atoms with Crippen LogP contribution >= 0.6 is 0 Å². The van der Waals surface area contributed by atoms with Gasteiger partial charge in [-0.1, -0.05) is 6.92 Å². The van der Waals surface area contributed by atoms with Crippen molar-refractivity contribution in [1.29, 1.82) is 0 Å². The topological polar surface area (TPSA) is 63.5 Å². The molecule has 2 atom stereocenters. The second-order valence-electron chi connectivity index (χ2n) is 5.41. The first kappa shape index (κ1) is 14.1. The van der Waals surface area contributed by atoms with Gasteiger partial charge in [-0.3, -0.25) is 0 Å². The molecular formula is C15H23N5O. The Balaban J connectivity index is 1.77. The van der Waals surface area contributed by atoms with Crippen molar-refractivity contribution in [3.63, 3.8) is 0 Å². The molecule has 0 radical (unpaired) electrons. The van der Waals surface area contributed by atoms with Crippen molar-refractivity contribution in [3.8, 4) is 0 Å². The fourth-order valence-corrected chi connectivity index (χ4v) is 2.92. The lowest BCUT2D eigenvalue weighted by Gasteiger charge is -2.18. The molecule has 2 aromatic rings. The summed E-state index contributed by atoms with van der Waals surface area (Å²) in [6.45, 7) is 6.84. The normalized spacial score (nSPS) is 21.8. The van der Waals surface area contributed by atoms with E-state index >= 15 is 0 Å². The molecule has 2 unspecified atom stereocenters. The molecule has 1 saturated heterocycles. The van der Waals surface area contributed by atoms with Crippen LogP contribution in [-0.4, -0.2) is 40.2 Å². The van der Waals surface area contributed by atoms with Crippen molar-refractivity contribution in [2.45, 2.75) is 32.8 Å². The van der Waals surface area contributed by atoms with E-state index in [4.69, 9.17) is 4.74 Å². The quantitative estimate of drug-likeness (QED) is 0.855. The van der Waals surface area contributed by atoms with E-state index in [1.54, 1.807) is 6.20 Å². The maximum atomic E-state index is 5.74. The van der Waals surface area contributed by atoms with E-state index in [9.17, 15) is 0 Å². The first-order valence-corrected chi connectivity index (χ1v) is 7.74. The van der Waals surface area contributed by atoms with Gasteiger partial charge in [-0.25, -0.2) is 9.97 Å². The van der Waals surface area contributed by atoms with Gasteiger partial charge >= 0.3 is 0 Å². The standard InChI is InChI=1S/C15H23N5O/c1-3-12-11(5-8-21-12)9-18-14-15-17-6-7-20(15)10-13(19-14)16-4-2/h6-7,10-12,16H,3-5,8-9H2,1-2H3,(H,18,19). The number of hydrogen-bond donors (Lipinski definition) is 2. The van der Waals surface area contributed by atoms with Crippen molar-refractivity contribution in [2.75, 3.05) is 30.3 Å². The number of rotatable bonds is 6. The molecule has 6 heteroatoms. The van der Waals surface area contributed by atoms with Crippen molar-refractivity contribution >= 4 is 17.3 Å². The second-order valence-corrected chi connectivity index (χ2v) is 5.41. The molecule has 114 valence electrons. The van der Waals surface area contributed by atoms with E-state index in [2.05, 4.69) is 34.4 Å². The summed E-state index contributed by atoms with van der Waals surface area (Å²) in [5, 5.41) is 6.72. The van der Waals surface area contributed by atoms with Crippen LogP contribution in [0.4, 0.5) is 11.6 Å². The molecule has 1 aliphatic heterocycles. The van der Waals surface area contributed by atoms with Crippen LogP contribution in [0.2, 0.25) is 0 Å². The van der Waals surface area contributed by atoms with E-state index in [0.29, 0.717) is 12.0 Å². The number of anilines is 2. The molecule has 6 nitrogen and oxygen atoms in total. The number of nitrogens with one attached hydrogen (secondary N) is 2. The van der Waals surface area contributed by atoms with Gasteiger partial charge in [0.25, 0.3) is 0 Å². The summed E-state index contributed by atoms with van der Waals surface area (Å²) < 4.78 is 7.74. The third-order valence-corrected chi connectivity index (χ3v) is 4.01. The van der Waals surface area contributed by atoms with Gasteiger partial charge in [-0.05, 0) is 19.8 Å². The van der Waals surface area contributed by atoms with Crippen LogP contribution in [0, 0.1) is 5.92 Å². The largest absolute Gasteiger partial charge is 0.378 e. The number of nitrogens with zero attached hydrogens (tertiary/aromatic N) is 3. The van der Waals surface area contributed by atoms with E-state index in [1.165, 1.54) is 0 Å². The van der Waals surface area contributed by atoms with Crippen LogP contribution in [0.15, 0.2) is 18.6 Å². The highest BCUT2D eigenvalue weighted by Crippen LogP contribution is 2.24. The summed E-state index contributed by atoms with van der Waals surface area (Å²) in [7, 11) is 0. The van der Waals surface area contributed by atoms with Crippen LogP contribution in [0.3, 0.4) is 0 Å². The van der Waals surface area contributed by atoms with Crippen LogP contribution < -0.4 is 10.6 Å². The lowest BCUT2D eigenvalue weighted by atomic mass is 10.00. The number of aromatic nitrogens is 3. The molecule has 2 aromatic heterocycles. The van der Waals surface area contributed by atoms with Crippen LogP contribution in [0.25, 0.3) is 5.65 Å². The third kappa shape index (κ3) is 2.95. The summed E-state index contributed by atoms with van der Waals surface area (Å²) in [6.07, 6.45) is 8.25. The predicted octanol–water partition coefficient (Wildman–Crippen LogP) is 2.39. The van der Waals surface area contributed by atoms with Gasteiger partial charge in [0, 0.05) is 38.0 Å². The minimum absolute atomic E-state index is 0.366. The minimum Gasteiger partial charge on any atom is -0.378 e. The zero-order valence-corrected chi connectivity index (χ0v) is 12.7. The molecule has 0 spiro atoms. The van der Waals surface area contributed by atoms with Crippen LogP contribution in [0.1, 0.15) is 26.7 Å². The number of imidazole rings is 1. The second kappa shape index (κ2) is 6.30. The molecule has 21 heavy (non-hydrogen) atoms. The fraction of sp³-hybridized carbons (Fsp3) is 0.600. The highest BCUT2D eigenvalue weighted by atomic mass is 16.5. The van der Waals surface area contributed by atoms with Gasteiger partial charge in [-0.15, -0.1) is 0 Å². The van der Waals surface area contributed by atoms with E-state index < -0.39 is 0 Å². The van der Waals surface area contributed by atoms with Crippen molar-refractivity contribution in [3.05, 3.63) is 18.6 Å². The van der Waals surface area contributed by atoms with Crippen LogP contribution in [0.5, 0.6) is 0 Å². The van der Waals surface area contributed by atoms with E-state index in [1.807, 2.05) is 16.8 Å². The molecule has 2 N–H and O–H groups in total. The molecule has 0 aliphatic carbocycles. The Bertz CT molecular complexity index is 597. The van der Waals surface area contributed by atoms with E-state index in [-0.39, 0.29) is 0 Å². The lowest BCUT2D eigenvalue weighted by molar-refractivity contribution is 0.0900. The first-order chi connectivity index (χ1) is 10.3. The molecule has 1 fully saturated rings. The highest BCUT2D eigenvalue weighted by Gasteiger charge is 2.26. The van der Waals surface area contributed by atoms with Gasteiger partial charge in [0.1, 0.15) is 5.82 Å². The molecule has 0 saturated carbocycles. The predicted molar refractivity (Wildman–Crippen MR) is 83.8 cm³/mol. The maximum Gasteiger partial charge on any atom is 0.180 e. The maximum absolute atomic E-state index is 5.74. The number of fused-ring (bicyclic) bond motifs is 1. The summed E-state index contributed by atoms with van der Waals surface area (Å²) in [6, 6.07) is 0. The number of ether oxygens (including phenoxy) is 1. The van der Waals surface area contributed by atoms with Crippen molar-refractivity contribution in [2.24, 2.45) is 5.92 Å². The third-order valence-electron chi connectivity index (χ3n) is 4.01. The zero-order chi connectivity index (χ0) is 14.7. The molecule has 3 heterocycles. The first-order valence-electron chi connectivity index (χ1n) is 7.74. The molecule has 3 rings (SSSR count). The Kier molecular flexibility index (Phi) is 4.24. The van der Waals surface area contributed by atoms with Crippen LogP contribution in [-0.2, 0) is 4.74 Å². The van der Waals surface area contributed by atoms with Gasteiger partial charge in [0.15, 0.2) is 11.5 Å². The van der Waals surface area contributed by atoms with Gasteiger partial charge < -0.3 is 19.8 Å². The fourth-order valence-electron chi connectivity index (χ4n) is 2.92. The highest BCUT2D eigenvalue weighted by molar-refractivity contribution is 5.65. The summed E-state index contributed by atoms with van der Waals surface area (Å²) >= 11 is 0. The monoisotopic (exact) mass is 289 g/mol. The average Bonchev–Trinajstić information content (AvgIpc) is 3.13. The molecule has 0 aromatic carbocycles. The Morgan fingerprint density at radius 1 is 1.38 bits per heavy atom. The Hall–Kier alpha value is -1.82. The SMILES string of the molecule is CCNc1cn2ccnc2c(NCC2CCOC2CC)n1. The Morgan fingerprint density at radius 2 is 2.29 bits per heavy atom. The molecule has 0 amide bonds. The molecule has 1 aliphatic rings. The van der Waals surface area contributed by atoms with Crippen molar-refractivity contribution < 1.29 is 4.74 Å². The van der Waals surface area contributed by atoms with Gasteiger partial charge in [0.05, 0.1) is 12.3 Å². The summed E-state index contributed by atoms with van der Waals surface area (Å²) in [5.41, 5.74) is 0.864. The number of hydrogen-bond acceptors (Lipinski definition) is 5. The summed E-state index contributed by atoms with van der Waals surface area (Å²) in [5.74, 6) is 2.25. The van der Waals surface area contributed by atoms with Crippen molar-refractivity contribution in [1.82, 2.24) is 14.4 Å². The zero-order valence-electron chi connectivity index (χ0n) is 12.7. The minimum atomic E-state index is 0.366. The Labute approximate surface area is 124 Å². The Morgan fingerprint density at radius 3 is 3.10 bits per heavy atom. The molecule has 0 bridgehead atoms. The molecular weight excluding hydrogens is 266 g/mol. The van der Waals surface area contributed by atoms with E-state index in [0.717, 1.165) is 49.8 Å². The van der Waals surface area contributed by atoms with Gasteiger partial charge in [0.2, 0.25) is 0 Å². The summed E-state index contributed by atoms with van der Waals surface area (Å²) in [4.78, 5) is 9.01. The van der Waals surface area contributed by atoms with Gasteiger partial charge in [-0.2, -0.15) is 0 Å². The lowest BCUT2D eigenvalue weighted by Crippen LogP contribution is -2.23. The average molecular weight is 289 g/mol.